The van der Waals surface area contributed by atoms with Crippen molar-refractivity contribution in [3.63, 3.8) is 0 Å². The summed E-state index contributed by atoms with van der Waals surface area (Å²) in [4.78, 5) is 13.9. The fourth-order valence-corrected chi connectivity index (χ4v) is 2.15. The van der Waals surface area contributed by atoms with Crippen molar-refractivity contribution in [2.24, 2.45) is 0 Å². The third-order valence-corrected chi connectivity index (χ3v) is 3.80. The first-order chi connectivity index (χ1) is 7.03. The van der Waals surface area contributed by atoms with Crippen molar-refractivity contribution in [2.45, 2.75) is 31.2 Å². The number of nitrogens with one attached hydrogen (secondary N) is 1. The summed E-state index contributed by atoms with van der Waals surface area (Å²) >= 11 is 6.18. The lowest BCUT2D eigenvalue weighted by atomic mass is 10.0. The molecule has 0 saturated carbocycles. The van der Waals surface area contributed by atoms with Crippen LogP contribution < -0.4 is 0 Å². The molecule has 0 spiro atoms. The minimum atomic E-state index is -0.288. The topological polar surface area (TPSA) is 49.0 Å². The highest BCUT2D eigenvalue weighted by atomic mass is 35.5. The zero-order valence-electron chi connectivity index (χ0n) is 8.83. The summed E-state index contributed by atoms with van der Waals surface area (Å²) in [6, 6.07) is 1.68. The first-order valence-electron chi connectivity index (χ1n) is 4.99. The number of alkyl halides is 1. The van der Waals surface area contributed by atoms with E-state index in [9.17, 15) is 4.79 Å². The summed E-state index contributed by atoms with van der Waals surface area (Å²) in [5.41, 5.74) is 0.234. The van der Waals surface area contributed by atoms with Crippen molar-refractivity contribution >= 4 is 17.5 Å². The maximum atomic E-state index is 12.1. The highest BCUT2D eigenvalue weighted by Gasteiger charge is 2.43. The van der Waals surface area contributed by atoms with Gasteiger partial charge >= 0.3 is 0 Å². The molecule has 4 nitrogen and oxygen atoms in total. The van der Waals surface area contributed by atoms with E-state index >= 15 is 0 Å². The van der Waals surface area contributed by atoms with Crippen LogP contribution in [0.1, 0.15) is 30.8 Å². The van der Waals surface area contributed by atoms with Gasteiger partial charge in [-0.1, -0.05) is 0 Å². The monoisotopic (exact) mass is 227 g/mol. The third-order valence-electron chi connectivity index (χ3n) is 3.04. The first-order valence-corrected chi connectivity index (χ1v) is 5.42. The molecule has 0 bridgehead atoms. The van der Waals surface area contributed by atoms with E-state index in [2.05, 4.69) is 10.2 Å². The molecule has 1 aromatic rings. The van der Waals surface area contributed by atoms with Gasteiger partial charge in [0.15, 0.2) is 0 Å². The van der Waals surface area contributed by atoms with Crippen molar-refractivity contribution in [3.05, 3.63) is 18.0 Å². The van der Waals surface area contributed by atoms with Gasteiger partial charge in [0.05, 0.1) is 10.9 Å². The Morgan fingerprint density at radius 1 is 1.73 bits per heavy atom. The van der Waals surface area contributed by atoms with E-state index in [4.69, 9.17) is 11.6 Å². The Morgan fingerprint density at radius 3 is 2.93 bits per heavy atom. The Hall–Kier alpha value is -1.03. The fraction of sp³-hybridized carbons (Fsp3) is 0.600. The maximum Gasteiger partial charge on any atom is 0.272 e. The number of carbonyl (C=O) groups excluding carboxylic acids is 1. The standard InChI is InChI=1S/C10H14ClN3O/c1-10(2)8(11)4-6-14(10)9(15)7-3-5-12-13-7/h3,5,8H,4,6H2,1-2H3,(H,12,13). The molecule has 1 saturated heterocycles. The first kappa shape index (κ1) is 10.5. The number of H-pyrrole nitrogens is 1. The summed E-state index contributed by atoms with van der Waals surface area (Å²) in [7, 11) is 0. The number of likely N-dealkylation sites (tertiary alicyclic amines) is 1. The van der Waals surface area contributed by atoms with E-state index in [1.807, 2.05) is 13.8 Å². The van der Waals surface area contributed by atoms with E-state index in [1.165, 1.54) is 0 Å². The number of aromatic nitrogens is 2. The van der Waals surface area contributed by atoms with Crippen molar-refractivity contribution in [2.75, 3.05) is 6.54 Å². The van der Waals surface area contributed by atoms with Crippen LogP contribution in [0, 0.1) is 0 Å². The second-order valence-corrected chi connectivity index (χ2v) is 4.86. The van der Waals surface area contributed by atoms with Crippen molar-refractivity contribution in [3.8, 4) is 0 Å². The van der Waals surface area contributed by atoms with Crippen LogP contribution in [0.2, 0.25) is 0 Å². The average Bonchev–Trinajstić information content (AvgIpc) is 2.76. The molecule has 1 aromatic heterocycles. The smallest absolute Gasteiger partial charge is 0.272 e. The van der Waals surface area contributed by atoms with Gasteiger partial charge in [-0.05, 0) is 26.3 Å². The summed E-state index contributed by atoms with van der Waals surface area (Å²) in [5, 5.41) is 6.48. The lowest BCUT2D eigenvalue weighted by Crippen LogP contribution is -2.46. The van der Waals surface area contributed by atoms with Gasteiger partial charge in [0, 0.05) is 12.7 Å². The molecule has 0 radical (unpaired) electrons. The van der Waals surface area contributed by atoms with E-state index in [0.717, 1.165) is 6.42 Å². The van der Waals surface area contributed by atoms with Crippen LogP contribution in [0.25, 0.3) is 0 Å². The summed E-state index contributed by atoms with van der Waals surface area (Å²) in [6.45, 7) is 4.69. The molecule has 1 fully saturated rings. The van der Waals surface area contributed by atoms with Crippen LogP contribution in [-0.4, -0.2) is 38.5 Å². The van der Waals surface area contributed by atoms with Gasteiger partial charge in [-0.3, -0.25) is 9.89 Å². The Balaban J connectivity index is 2.22. The molecule has 2 heterocycles. The lowest BCUT2D eigenvalue weighted by molar-refractivity contribution is 0.0648. The number of rotatable bonds is 1. The molecule has 82 valence electrons. The zero-order chi connectivity index (χ0) is 11.1. The van der Waals surface area contributed by atoms with Crippen molar-refractivity contribution < 1.29 is 4.79 Å². The SMILES string of the molecule is CC1(C)C(Cl)CCN1C(=O)c1ccn[nH]1. The van der Waals surface area contributed by atoms with E-state index in [0.29, 0.717) is 12.2 Å². The molecule has 0 aromatic carbocycles. The molecule has 0 aliphatic carbocycles. The number of aromatic amines is 1. The van der Waals surface area contributed by atoms with Crippen LogP contribution in [0.4, 0.5) is 0 Å². The van der Waals surface area contributed by atoms with E-state index in [-0.39, 0.29) is 16.8 Å². The largest absolute Gasteiger partial charge is 0.331 e. The quantitative estimate of drug-likeness (QED) is 0.742. The van der Waals surface area contributed by atoms with E-state index < -0.39 is 0 Å². The zero-order valence-corrected chi connectivity index (χ0v) is 9.58. The molecular formula is C10H14ClN3O. The molecule has 1 amide bonds. The molecule has 15 heavy (non-hydrogen) atoms. The highest BCUT2D eigenvalue weighted by molar-refractivity contribution is 6.22. The molecule has 1 N–H and O–H groups in total. The Labute approximate surface area is 93.6 Å². The Bertz CT molecular complexity index is 361. The average molecular weight is 228 g/mol. The summed E-state index contributed by atoms with van der Waals surface area (Å²) in [5.74, 6) is -0.0272. The molecule has 1 aliphatic rings. The molecule has 1 atom stereocenters. The number of amides is 1. The Morgan fingerprint density at radius 2 is 2.47 bits per heavy atom. The minimum absolute atomic E-state index is 0.0179. The summed E-state index contributed by atoms with van der Waals surface area (Å²) < 4.78 is 0. The van der Waals surface area contributed by atoms with Gasteiger partial charge in [-0.15, -0.1) is 11.6 Å². The van der Waals surface area contributed by atoms with Gasteiger partial charge in [0.1, 0.15) is 5.69 Å². The van der Waals surface area contributed by atoms with Crippen LogP contribution in [0.5, 0.6) is 0 Å². The number of hydrogen-bond acceptors (Lipinski definition) is 2. The fourth-order valence-electron chi connectivity index (χ4n) is 1.94. The van der Waals surface area contributed by atoms with Crippen LogP contribution >= 0.6 is 11.6 Å². The highest BCUT2D eigenvalue weighted by Crippen LogP contribution is 2.33. The number of halogens is 1. The van der Waals surface area contributed by atoms with E-state index in [1.54, 1.807) is 17.2 Å². The van der Waals surface area contributed by atoms with Gasteiger partial charge in [0.25, 0.3) is 5.91 Å². The van der Waals surface area contributed by atoms with Gasteiger partial charge in [-0.25, -0.2) is 0 Å². The van der Waals surface area contributed by atoms with Gasteiger partial charge in [-0.2, -0.15) is 5.10 Å². The molecule has 5 heteroatoms. The summed E-state index contributed by atoms with van der Waals surface area (Å²) in [6.07, 6.45) is 2.42. The van der Waals surface area contributed by atoms with Gasteiger partial charge < -0.3 is 4.90 Å². The molecule has 1 unspecified atom stereocenters. The van der Waals surface area contributed by atoms with Crippen molar-refractivity contribution in [1.29, 1.82) is 0 Å². The second kappa shape index (κ2) is 3.52. The second-order valence-electron chi connectivity index (χ2n) is 4.34. The molecule has 2 rings (SSSR count). The molecule has 1 aliphatic heterocycles. The van der Waals surface area contributed by atoms with Gasteiger partial charge in [0.2, 0.25) is 0 Å². The Kier molecular flexibility index (Phi) is 2.46. The normalized spacial score (nSPS) is 24.5. The molecular weight excluding hydrogens is 214 g/mol. The number of nitrogens with zero attached hydrogens (tertiary/aromatic N) is 2. The minimum Gasteiger partial charge on any atom is -0.331 e. The van der Waals surface area contributed by atoms with Crippen LogP contribution in [0.3, 0.4) is 0 Å². The third kappa shape index (κ3) is 1.63. The van der Waals surface area contributed by atoms with Crippen molar-refractivity contribution in [1.82, 2.24) is 15.1 Å². The number of hydrogen-bond donors (Lipinski definition) is 1. The van der Waals surface area contributed by atoms with Crippen LogP contribution in [-0.2, 0) is 0 Å². The van der Waals surface area contributed by atoms with Crippen LogP contribution in [0.15, 0.2) is 12.3 Å². The number of carbonyl (C=O) groups is 1. The lowest BCUT2D eigenvalue weighted by Gasteiger charge is -2.33. The predicted molar refractivity (Wildman–Crippen MR) is 58.0 cm³/mol. The predicted octanol–water partition coefficient (Wildman–Crippen LogP) is 1.64. The maximum absolute atomic E-state index is 12.1.